The van der Waals surface area contributed by atoms with Gasteiger partial charge in [0.05, 0.1) is 12.7 Å². The zero-order valence-corrected chi connectivity index (χ0v) is 10.7. The molecule has 0 aromatic carbocycles. The van der Waals surface area contributed by atoms with E-state index in [1.54, 1.807) is 6.20 Å². The summed E-state index contributed by atoms with van der Waals surface area (Å²) in [4.78, 5) is 3.98. The first-order valence-corrected chi connectivity index (χ1v) is 6.34. The molecule has 0 amide bonds. The van der Waals surface area contributed by atoms with Gasteiger partial charge in [0.2, 0.25) is 0 Å². The molecule has 1 fully saturated rings. The summed E-state index contributed by atoms with van der Waals surface area (Å²) in [6.45, 7) is 0.619. The van der Waals surface area contributed by atoms with Crippen LogP contribution in [0.1, 0.15) is 31.2 Å². The van der Waals surface area contributed by atoms with Crippen molar-refractivity contribution in [3.05, 3.63) is 27.5 Å². The van der Waals surface area contributed by atoms with Crippen molar-refractivity contribution in [3.8, 4) is 0 Å². The van der Waals surface area contributed by atoms with Crippen LogP contribution in [0.5, 0.6) is 0 Å². The van der Waals surface area contributed by atoms with Crippen molar-refractivity contribution >= 4 is 27.5 Å². The second-order valence-electron chi connectivity index (χ2n) is 3.82. The summed E-state index contributed by atoms with van der Waals surface area (Å²) in [7, 11) is 0. The molecule has 1 aromatic rings. The van der Waals surface area contributed by atoms with Crippen molar-refractivity contribution in [2.75, 3.05) is 0 Å². The second-order valence-corrected chi connectivity index (χ2v) is 5.06. The summed E-state index contributed by atoms with van der Waals surface area (Å²) in [6.07, 6.45) is 7.12. The molecule has 15 heavy (non-hydrogen) atoms. The molecular weight excluding hydrogens is 277 g/mol. The van der Waals surface area contributed by atoms with Crippen LogP contribution in [0.3, 0.4) is 0 Å². The highest BCUT2D eigenvalue weighted by atomic mass is 79.9. The molecule has 1 aromatic heterocycles. The van der Waals surface area contributed by atoms with Gasteiger partial charge in [-0.25, -0.2) is 4.98 Å². The van der Waals surface area contributed by atoms with E-state index < -0.39 is 0 Å². The van der Waals surface area contributed by atoms with Crippen LogP contribution >= 0.6 is 27.5 Å². The molecule has 0 saturated heterocycles. The zero-order chi connectivity index (χ0) is 10.7. The Hall–Kier alpha value is -0.120. The highest BCUT2D eigenvalue weighted by Crippen LogP contribution is 2.24. The summed E-state index contributed by atoms with van der Waals surface area (Å²) in [6, 6.07) is 1.85. The van der Waals surface area contributed by atoms with Crippen molar-refractivity contribution in [1.29, 1.82) is 0 Å². The molecule has 0 atom stereocenters. The molecule has 0 bridgehead atoms. The molecule has 0 N–H and O–H groups in total. The fourth-order valence-corrected chi connectivity index (χ4v) is 2.34. The molecule has 0 spiro atoms. The Morgan fingerprint density at radius 1 is 1.47 bits per heavy atom. The molecule has 4 heteroatoms. The summed E-state index contributed by atoms with van der Waals surface area (Å²) in [5.74, 6) is 0. The molecule has 1 saturated carbocycles. The van der Waals surface area contributed by atoms with E-state index in [2.05, 4.69) is 20.9 Å². The lowest BCUT2D eigenvalue weighted by Gasteiger charge is -2.11. The summed E-state index contributed by atoms with van der Waals surface area (Å²) in [5, 5.41) is 0.517. The van der Waals surface area contributed by atoms with Gasteiger partial charge in [-0.2, -0.15) is 0 Å². The molecule has 2 nitrogen and oxygen atoms in total. The van der Waals surface area contributed by atoms with Gasteiger partial charge in [0.1, 0.15) is 5.15 Å². The lowest BCUT2D eigenvalue weighted by Crippen LogP contribution is -2.07. The Morgan fingerprint density at radius 2 is 2.20 bits per heavy atom. The molecule has 2 rings (SSSR count). The van der Waals surface area contributed by atoms with Gasteiger partial charge in [-0.3, -0.25) is 0 Å². The second kappa shape index (κ2) is 5.28. The maximum atomic E-state index is 5.82. The number of nitrogens with zero attached hydrogens (tertiary/aromatic N) is 1. The van der Waals surface area contributed by atoms with Gasteiger partial charge >= 0.3 is 0 Å². The third kappa shape index (κ3) is 3.16. The van der Waals surface area contributed by atoms with Crippen LogP contribution in [0.15, 0.2) is 16.7 Å². The lowest BCUT2D eigenvalue weighted by molar-refractivity contribution is 0.0453. The predicted octanol–water partition coefficient (Wildman–Crippen LogP) is 3.96. The van der Waals surface area contributed by atoms with Crippen molar-refractivity contribution in [1.82, 2.24) is 4.98 Å². The highest BCUT2D eigenvalue weighted by Gasteiger charge is 2.15. The molecule has 0 aliphatic heterocycles. The van der Waals surface area contributed by atoms with E-state index in [0.717, 1.165) is 10.0 Å². The van der Waals surface area contributed by atoms with Crippen LogP contribution in [0.4, 0.5) is 0 Å². The molecule has 0 radical (unpaired) electrons. The number of rotatable bonds is 3. The smallest absolute Gasteiger partial charge is 0.129 e. The van der Waals surface area contributed by atoms with Crippen molar-refractivity contribution < 1.29 is 4.74 Å². The number of ether oxygens (including phenoxy) is 1. The van der Waals surface area contributed by atoms with Crippen LogP contribution in [-0.2, 0) is 11.3 Å². The van der Waals surface area contributed by atoms with E-state index in [-0.39, 0.29) is 0 Å². The summed E-state index contributed by atoms with van der Waals surface area (Å²) < 4.78 is 6.77. The predicted molar refractivity (Wildman–Crippen MR) is 64.0 cm³/mol. The Labute approximate surface area is 103 Å². The van der Waals surface area contributed by atoms with E-state index in [4.69, 9.17) is 16.3 Å². The minimum absolute atomic E-state index is 0.434. The number of pyridine rings is 1. The first-order valence-electron chi connectivity index (χ1n) is 5.17. The molecule has 1 aliphatic rings. The van der Waals surface area contributed by atoms with Gasteiger partial charge in [0.25, 0.3) is 0 Å². The van der Waals surface area contributed by atoms with E-state index in [0.29, 0.717) is 17.9 Å². The van der Waals surface area contributed by atoms with E-state index in [1.807, 2.05) is 6.07 Å². The number of aromatic nitrogens is 1. The number of hydrogen-bond acceptors (Lipinski definition) is 2. The summed E-state index contributed by atoms with van der Waals surface area (Å²) >= 11 is 9.26. The topological polar surface area (TPSA) is 22.1 Å². The summed E-state index contributed by atoms with van der Waals surface area (Å²) in [5.41, 5.74) is 1.07. The fourth-order valence-electron chi connectivity index (χ4n) is 1.82. The lowest BCUT2D eigenvalue weighted by atomic mass is 10.3. The molecular formula is C11H13BrClNO. The Bertz CT molecular complexity index is 339. The fraction of sp³-hybridized carbons (Fsp3) is 0.545. The molecule has 1 aliphatic carbocycles. The van der Waals surface area contributed by atoms with Crippen molar-refractivity contribution in [2.45, 2.75) is 38.4 Å². The van der Waals surface area contributed by atoms with Crippen LogP contribution in [0, 0.1) is 0 Å². The quantitative estimate of drug-likeness (QED) is 0.786. The first kappa shape index (κ1) is 11.4. The maximum absolute atomic E-state index is 5.82. The number of hydrogen-bond donors (Lipinski definition) is 0. The standard InChI is InChI=1S/C11H13BrClNO/c12-10-6-14-11(13)5-8(10)7-15-9-3-1-2-4-9/h5-6,9H,1-4,7H2. The normalized spacial score (nSPS) is 17.2. The zero-order valence-electron chi connectivity index (χ0n) is 8.38. The van der Waals surface area contributed by atoms with Crippen LogP contribution < -0.4 is 0 Å². The van der Waals surface area contributed by atoms with Crippen LogP contribution in [0.2, 0.25) is 5.15 Å². The van der Waals surface area contributed by atoms with Gasteiger partial charge in [0, 0.05) is 10.7 Å². The average molecular weight is 291 g/mol. The van der Waals surface area contributed by atoms with Gasteiger partial charge in [-0.15, -0.1) is 0 Å². The highest BCUT2D eigenvalue weighted by molar-refractivity contribution is 9.10. The molecule has 1 heterocycles. The van der Waals surface area contributed by atoms with E-state index >= 15 is 0 Å². The molecule has 82 valence electrons. The Morgan fingerprint density at radius 3 is 2.93 bits per heavy atom. The third-order valence-corrected chi connectivity index (χ3v) is 3.60. The average Bonchev–Trinajstić information content (AvgIpc) is 2.72. The van der Waals surface area contributed by atoms with Gasteiger partial charge in [-0.1, -0.05) is 24.4 Å². The third-order valence-electron chi connectivity index (χ3n) is 2.68. The largest absolute Gasteiger partial charge is 0.374 e. The van der Waals surface area contributed by atoms with Crippen molar-refractivity contribution in [3.63, 3.8) is 0 Å². The Balaban J connectivity index is 1.94. The van der Waals surface area contributed by atoms with Crippen LogP contribution in [-0.4, -0.2) is 11.1 Å². The van der Waals surface area contributed by atoms with Gasteiger partial charge in [0.15, 0.2) is 0 Å². The van der Waals surface area contributed by atoms with Gasteiger partial charge in [-0.05, 0) is 40.4 Å². The minimum atomic E-state index is 0.434. The molecule has 0 unspecified atom stereocenters. The van der Waals surface area contributed by atoms with E-state index in [9.17, 15) is 0 Å². The van der Waals surface area contributed by atoms with Crippen molar-refractivity contribution in [2.24, 2.45) is 0 Å². The Kier molecular flexibility index (Phi) is 4.00. The van der Waals surface area contributed by atoms with Gasteiger partial charge < -0.3 is 4.74 Å². The monoisotopic (exact) mass is 289 g/mol. The minimum Gasteiger partial charge on any atom is -0.374 e. The maximum Gasteiger partial charge on any atom is 0.129 e. The van der Waals surface area contributed by atoms with Crippen LogP contribution in [0.25, 0.3) is 0 Å². The first-order chi connectivity index (χ1) is 7.25. The number of halogens is 2. The SMILES string of the molecule is Clc1cc(COC2CCCC2)c(Br)cn1. The van der Waals surface area contributed by atoms with E-state index in [1.165, 1.54) is 25.7 Å².